The number of nitrogens with zero attached hydrogens (tertiary/aromatic N) is 1. The Bertz CT molecular complexity index is 376. The van der Waals surface area contributed by atoms with E-state index in [4.69, 9.17) is 9.84 Å². The normalized spacial score (nSPS) is 16.8. The molecule has 0 bridgehead atoms. The fraction of sp³-hybridized carbons (Fsp3) is 0.600. The molecule has 1 fully saturated rings. The zero-order valence-electron chi connectivity index (χ0n) is 11.6. The molecule has 2 N–H and O–H groups in total. The molecule has 0 saturated carbocycles. The molecule has 1 heterocycles. The van der Waals surface area contributed by atoms with Crippen LogP contribution in [0.15, 0.2) is 24.3 Å². The molecule has 1 aromatic carbocycles. The molecule has 2 rings (SSSR count). The summed E-state index contributed by atoms with van der Waals surface area (Å²) in [5.41, 5.74) is 2.68. The molecule has 0 aromatic heterocycles. The fourth-order valence-electron chi connectivity index (χ4n) is 2.64. The highest BCUT2D eigenvalue weighted by molar-refractivity contribution is 5.53. The number of aliphatic hydroxyl groups excluding tert-OH is 1. The molecule has 4 nitrogen and oxygen atoms in total. The van der Waals surface area contributed by atoms with E-state index >= 15 is 0 Å². The Morgan fingerprint density at radius 3 is 2.74 bits per heavy atom. The van der Waals surface area contributed by atoms with Gasteiger partial charge in [0.1, 0.15) is 0 Å². The SMILES string of the molecule is CNCc1ccccc1N1CCC(OCCO)CC1. The third kappa shape index (κ3) is 3.93. The summed E-state index contributed by atoms with van der Waals surface area (Å²) in [5.74, 6) is 0. The van der Waals surface area contributed by atoms with Crippen LogP contribution in [0.4, 0.5) is 5.69 Å². The molecule has 4 heteroatoms. The molecule has 1 aliphatic heterocycles. The van der Waals surface area contributed by atoms with Crippen molar-refractivity contribution in [3.63, 3.8) is 0 Å². The predicted octanol–water partition coefficient (Wildman–Crippen LogP) is 1.38. The van der Waals surface area contributed by atoms with Gasteiger partial charge < -0.3 is 20.1 Å². The lowest BCUT2D eigenvalue weighted by Crippen LogP contribution is -2.38. The molecule has 0 radical (unpaired) electrons. The Morgan fingerprint density at radius 2 is 2.05 bits per heavy atom. The van der Waals surface area contributed by atoms with Crippen molar-refractivity contribution in [3.8, 4) is 0 Å². The zero-order valence-corrected chi connectivity index (χ0v) is 11.6. The average molecular weight is 264 g/mol. The lowest BCUT2D eigenvalue weighted by molar-refractivity contribution is 0.0159. The number of ether oxygens (including phenoxy) is 1. The third-order valence-corrected chi connectivity index (χ3v) is 3.59. The first kappa shape index (κ1) is 14.3. The Hall–Kier alpha value is -1.10. The summed E-state index contributed by atoms with van der Waals surface area (Å²) in [5, 5.41) is 12.0. The van der Waals surface area contributed by atoms with Gasteiger partial charge in [0.2, 0.25) is 0 Å². The zero-order chi connectivity index (χ0) is 13.5. The van der Waals surface area contributed by atoms with E-state index in [1.807, 2.05) is 7.05 Å². The van der Waals surface area contributed by atoms with Gasteiger partial charge in [0.05, 0.1) is 19.3 Å². The molecule has 106 valence electrons. The highest BCUT2D eigenvalue weighted by Gasteiger charge is 2.20. The van der Waals surface area contributed by atoms with Crippen LogP contribution in [-0.4, -0.2) is 44.6 Å². The van der Waals surface area contributed by atoms with Crippen molar-refractivity contribution in [2.24, 2.45) is 0 Å². The molecular formula is C15H24N2O2. The Labute approximate surface area is 115 Å². The minimum Gasteiger partial charge on any atom is -0.394 e. The Kier molecular flexibility index (Phi) is 5.63. The lowest BCUT2D eigenvalue weighted by atomic mass is 10.0. The number of anilines is 1. The van der Waals surface area contributed by atoms with Gasteiger partial charge in [0, 0.05) is 25.3 Å². The van der Waals surface area contributed by atoms with E-state index in [0.717, 1.165) is 32.5 Å². The summed E-state index contributed by atoms with van der Waals surface area (Å²) >= 11 is 0. The molecule has 0 atom stereocenters. The Balaban J connectivity index is 1.93. The van der Waals surface area contributed by atoms with Crippen LogP contribution in [-0.2, 0) is 11.3 Å². The summed E-state index contributed by atoms with van der Waals surface area (Å²) in [4.78, 5) is 2.44. The van der Waals surface area contributed by atoms with Crippen molar-refractivity contribution in [1.29, 1.82) is 0 Å². The van der Waals surface area contributed by atoms with E-state index in [2.05, 4.69) is 34.5 Å². The molecule has 0 aliphatic carbocycles. The number of nitrogens with one attached hydrogen (secondary N) is 1. The van der Waals surface area contributed by atoms with Gasteiger partial charge >= 0.3 is 0 Å². The van der Waals surface area contributed by atoms with Gasteiger partial charge in [-0.25, -0.2) is 0 Å². The second-order valence-electron chi connectivity index (χ2n) is 4.94. The first-order valence-electron chi connectivity index (χ1n) is 7.05. The predicted molar refractivity (Wildman–Crippen MR) is 77.5 cm³/mol. The van der Waals surface area contributed by atoms with Crippen LogP contribution in [0.2, 0.25) is 0 Å². The van der Waals surface area contributed by atoms with Crippen molar-refractivity contribution in [3.05, 3.63) is 29.8 Å². The van der Waals surface area contributed by atoms with Crippen molar-refractivity contribution >= 4 is 5.69 Å². The number of para-hydroxylation sites is 1. The summed E-state index contributed by atoms with van der Waals surface area (Å²) in [6.07, 6.45) is 2.38. The number of piperidine rings is 1. The third-order valence-electron chi connectivity index (χ3n) is 3.59. The largest absolute Gasteiger partial charge is 0.394 e. The highest BCUT2D eigenvalue weighted by atomic mass is 16.5. The van der Waals surface area contributed by atoms with Crippen LogP contribution < -0.4 is 10.2 Å². The second kappa shape index (κ2) is 7.48. The van der Waals surface area contributed by atoms with Crippen LogP contribution >= 0.6 is 0 Å². The van der Waals surface area contributed by atoms with E-state index < -0.39 is 0 Å². The standard InChI is InChI=1S/C15H24N2O2/c1-16-12-13-4-2-3-5-15(13)17-8-6-14(7-9-17)19-11-10-18/h2-5,14,16,18H,6-12H2,1H3. The van der Waals surface area contributed by atoms with Crippen LogP contribution in [0, 0.1) is 0 Å². The van der Waals surface area contributed by atoms with Crippen molar-refractivity contribution in [2.45, 2.75) is 25.5 Å². The summed E-state index contributed by atoms with van der Waals surface area (Å²) in [6, 6.07) is 8.57. The minimum atomic E-state index is 0.116. The Morgan fingerprint density at radius 1 is 1.32 bits per heavy atom. The van der Waals surface area contributed by atoms with Crippen molar-refractivity contribution < 1.29 is 9.84 Å². The lowest BCUT2D eigenvalue weighted by Gasteiger charge is -2.34. The molecule has 0 spiro atoms. The number of hydrogen-bond donors (Lipinski definition) is 2. The quantitative estimate of drug-likeness (QED) is 0.815. The van der Waals surface area contributed by atoms with Crippen LogP contribution in [0.3, 0.4) is 0 Å². The molecule has 1 aromatic rings. The van der Waals surface area contributed by atoms with E-state index in [0.29, 0.717) is 12.7 Å². The molecule has 0 unspecified atom stereocenters. The number of rotatable bonds is 6. The van der Waals surface area contributed by atoms with E-state index in [1.54, 1.807) is 0 Å². The first-order chi connectivity index (χ1) is 9.35. The topological polar surface area (TPSA) is 44.7 Å². The maximum absolute atomic E-state index is 8.78. The minimum absolute atomic E-state index is 0.116. The van der Waals surface area contributed by atoms with Crippen molar-refractivity contribution in [1.82, 2.24) is 5.32 Å². The van der Waals surface area contributed by atoms with Crippen molar-refractivity contribution in [2.75, 3.05) is 38.3 Å². The monoisotopic (exact) mass is 264 g/mol. The van der Waals surface area contributed by atoms with E-state index in [1.165, 1.54) is 11.3 Å². The summed E-state index contributed by atoms with van der Waals surface area (Å²) < 4.78 is 5.61. The number of hydrogen-bond acceptors (Lipinski definition) is 4. The van der Waals surface area contributed by atoms with Gasteiger partial charge in [-0.2, -0.15) is 0 Å². The van der Waals surface area contributed by atoms with Crippen LogP contribution in [0.25, 0.3) is 0 Å². The average Bonchev–Trinajstić information content (AvgIpc) is 2.47. The van der Waals surface area contributed by atoms with Crippen LogP contribution in [0.1, 0.15) is 18.4 Å². The maximum atomic E-state index is 8.78. The molecular weight excluding hydrogens is 240 g/mol. The van der Waals surface area contributed by atoms with Crippen LogP contribution in [0.5, 0.6) is 0 Å². The summed E-state index contributed by atoms with van der Waals surface area (Å²) in [6.45, 7) is 3.52. The smallest absolute Gasteiger partial charge is 0.0701 e. The number of benzene rings is 1. The van der Waals surface area contributed by atoms with Gasteiger partial charge in [-0.05, 0) is 31.5 Å². The van der Waals surface area contributed by atoms with E-state index in [-0.39, 0.29) is 6.61 Å². The molecule has 1 saturated heterocycles. The first-order valence-corrected chi connectivity index (χ1v) is 7.05. The second-order valence-corrected chi connectivity index (χ2v) is 4.94. The highest BCUT2D eigenvalue weighted by Crippen LogP contribution is 2.25. The maximum Gasteiger partial charge on any atom is 0.0701 e. The van der Waals surface area contributed by atoms with Gasteiger partial charge in [-0.3, -0.25) is 0 Å². The van der Waals surface area contributed by atoms with Gasteiger partial charge in [-0.1, -0.05) is 18.2 Å². The molecule has 19 heavy (non-hydrogen) atoms. The fourth-order valence-corrected chi connectivity index (χ4v) is 2.64. The van der Waals surface area contributed by atoms with Gasteiger partial charge in [0.25, 0.3) is 0 Å². The number of aliphatic hydroxyl groups is 1. The molecule has 1 aliphatic rings. The van der Waals surface area contributed by atoms with Gasteiger partial charge in [-0.15, -0.1) is 0 Å². The van der Waals surface area contributed by atoms with E-state index in [9.17, 15) is 0 Å². The summed E-state index contributed by atoms with van der Waals surface area (Å²) in [7, 11) is 1.98. The van der Waals surface area contributed by atoms with Gasteiger partial charge in [0.15, 0.2) is 0 Å². The molecule has 0 amide bonds.